The second-order valence-electron chi connectivity index (χ2n) is 5.05. The predicted octanol–water partition coefficient (Wildman–Crippen LogP) is 3.83. The van der Waals surface area contributed by atoms with Gasteiger partial charge < -0.3 is 0 Å². The highest BCUT2D eigenvalue weighted by molar-refractivity contribution is 7.10. The molecule has 1 heterocycles. The van der Waals surface area contributed by atoms with Crippen LogP contribution in [-0.2, 0) is 0 Å². The third-order valence-corrected chi connectivity index (χ3v) is 5.19. The first-order valence-electron chi connectivity index (χ1n) is 5.83. The van der Waals surface area contributed by atoms with Gasteiger partial charge in [-0.1, -0.05) is 24.3 Å². The molecule has 2 fully saturated rings. The van der Waals surface area contributed by atoms with Crippen LogP contribution in [0.2, 0.25) is 0 Å². The van der Waals surface area contributed by atoms with E-state index in [9.17, 15) is 0 Å². The summed E-state index contributed by atoms with van der Waals surface area (Å²) in [5.74, 6) is 4.77. The lowest BCUT2D eigenvalue weighted by molar-refractivity contribution is 0.530. The summed E-state index contributed by atoms with van der Waals surface area (Å²) in [6, 6.07) is 4.33. The molecule has 3 aliphatic rings. The summed E-state index contributed by atoms with van der Waals surface area (Å²) in [4.78, 5) is 1.40. The van der Waals surface area contributed by atoms with E-state index in [1.165, 1.54) is 11.3 Å². The summed E-state index contributed by atoms with van der Waals surface area (Å²) in [6.07, 6.45) is 11.2. The lowest BCUT2D eigenvalue weighted by Crippen LogP contribution is -1.96. The topological polar surface area (TPSA) is 0 Å². The average molecular weight is 214 g/mol. The number of thiophene rings is 1. The van der Waals surface area contributed by atoms with Gasteiger partial charge in [-0.15, -0.1) is 11.3 Å². The minimum Gasteiger partial charge on any atom is -0.144 e. The van der Waals surface area contributed by atoms with Crippen LogP contribution < -0.4 is 0 Å². The van der Waals surface area contributed by atoms with Crippen molar-refractivity contribution in [2.24, 2.45) is 29.6 Å². The molecule has 0 saturated heterocycles. The average Bonchev–Trinajstić information content (AvgIpc) is 2.72. The predicted molar refractivity (Wildman–Crippen MR) is 64.6 cm³/mol. The molecule has 0 N–H and O–H groups in total. The van der Waals surface area contributed by atoms with Crippen molar-refractivity contribution in [3.8, 4) is 0 Å². The number of hydrogen-bond acceptors (Lipinski definition) is 1. The molecule has 1 aromatic heterocycles. The maximum Gasteiger partial charge on any atom is 0.0267 e. The zero-order chi connectivity index (χ0) is 9.83. The third-order valence-electron chi connectivity index (χ3n) is 4.36. The summed E-state index contributed by atoms with van der Waals surface area (Å²) in [7, 11) is 0. The quantitative estimate of drug-likeness (QED) is 0.656. The van der Waals surface area contributed by atoms with E-state index in [2.05, 4.69) is 41.8 Å². The summed E-state index contributed by atoms with van der Waals surface area (Å²) < 4.78 is 0. The van der Waals surface area contributed by atoms with Crippen molar-refractivity contribution >= 4 is 17.4 Å². The van der Waals surface area contributed by atoms with E-state index in [0.29, 0.717) is 0 Å². The lowest BCUT2D eigenvalue weighted by Gasteiger charge is -2.04. The molecular weight excluding hydrogens is 200 g/mol. The van der Waals surface area contributed by atoms with Gasteiger partial charge in [-0.3, -0.25) is 0 Å². The van der Waals surface area contributed by atoms with E-state index in [4.69, 9.17) is 0 Å². The number of rotatable bonds is 2. The van der Waals surface area contributed by atoms with Gasteiger partial charge >= 0.3 is 0 Å². The van der Waals surface area contributed by atoms with Gasteiger partial charge in [0.25, 0.3) is 0 Å². The first-order chi connectivity index (χ1) is 7.43. The SMILES string of the molecule is C1=CC2CC1C1C(/C=C/c3cccs3)C21. The fraction of sp³-hybridized carbons (Fsp3) is 0.429. The Kier molecular flexibility index (Phi) is 1.59. The van der Waals surface area contributed by atoms with Crippen molar-refractivity contribution in [2.45, 2.75) is 6.42 Å². The van der Waals surface area contributed by atoms with E-state index in [-0.39, 0.29) is 0 Å². The largest absolute Gasteiger partial charge is 0.144 e. The minimum atomic E-state index is 0.894. The Morgan fingerprint density at radius 1 is 1.20 bits per heavy atom. The molecule has 2 bridgehead atoms. The molecule has 1 heteroatoms. The highest BCUT2D eigenvalue weighted by atomic mass is 32.1. The molecule has 0 spiro atoms. The number of fused-ring (bicyclic) bond motifs is 5. The van der Waals surface area contributed by atoms with Crippen molar-refractivity contribution in [3.05, 3.63) is 40.6 Å². The molecule has 4 atom stereocenters. The Hall–Kier alpha value is -0.820. The van der Waals surface area contributed by atoms with Gasteiger partial charge in [0.05, 0.1) is 0 Å². The van der Waals surface area contributed by atoms with E-state index >= 15 is 0 Å². The van der Waals surface area contributed by atoms with Gasteiger partial charge in [-0.05, 0) is 53.5 Å². The second kappa shape index (κ2) is 2.85. The van der Waals surface area contributed by atoms with Gasteiger partial charge in [0.1, 0.15) is 0 Å². The molecule has 0 aromatic carbocycles. The van der Waals surface area contributed by atoms with Gasteiger partial charge in [-0.2, -0.15) is 0 Å². The normalized spacial score (nSPS) is 45.2. The van der Waals surface area contributed by atoms with Crippen LogP contribution in [0.4, 0.5) is 0 Å². The summed E-state index contributed by atoms with van der Waals surface area (Å²) in [5, 5.41) is 2.15. The molecule has 0 radical (unpaired) electrons. The molecule has 4 rings (SSSR count). The Labute approximate surface area is 94.3 Å². The van der Waals surface area contributed by atoms with E-state index in [1.54, 1.807) is 0 Å². The van der Waals surface area contributed by atoms with Crippen LogP contribution in [0, 0.1) is 29.6 Å². The molecule has 15 heavy (non-hydrogen) atoms. The van der Waals surface area contributed by atoms with Crippen LogP contribution >= 0.6 is 11.3 Å². The van der Waals surface area contributed by atoms with E-state index < -0.39 is 0 Å². The Morgan fingerprint density at radius 2 is 2.00 bits per heavy atom. The number of allylic oxidation sites excluding steroid dienone is 3. The molecule has 4 unspecified atom stereocenters. The van der Waals surface area contributed by atoms with Crippen molar-refractivity contribution < 1.29 is 0 Å². The van der Waals surface area contributed by atoms with Crippen LogP contribution in [0.1, 0.15) is 11.3 Å². The van der Waals surface area contributed by atoms with Crippen LogP contribution in [-0.4, -0.2) is 0 Å². The van der Waals surface area contributed by atoms with Gasteiger partial charge in [0.15, 0.2) is 0 Å². The van der Waals surface area contributed by atoms with E-state index in [0.717, 1.165) is 29.6 Å². The first-order valence-corrected chi connectivity index (χ1v) is 6.71. The fourth-order valence-electron chi connectivity index (χ4n) is 3.70. The molecule has 0 aliphatic heterocycles. The molecule has 3 aliphatic carbocycles. The Morgan fingerprint density at radius 3 is 2.67 bits per heavy atom. The second-order valence-corrected chi connectivity index (χ2v) is 6.03. The minimum absolute atomic E-state index is 0.894. The summed E-state index contributed by atoms with van der Waals surface area (Å²) in [5.41, 5.74) is 0. The number of hydrogen-bond donors (Lipinski definition) is 0. The molecule has 2 saturated carbocycles. The Balaban J connectivity index is 1.51. The van der Waals surface area contributed by atoms with Crippen LogP contribution in [0.25, 0.3) is 6.08 Å². The highest BCUT2D eigenvalue weighted by Gasteiger charge is 2.61. The monoisotopic (exact) mass is 214 g/mol. The third kappa shape index (κ3) is 1.13. The lowest BCUT2D eigenvalue weighted by atomic mass is 10.0. The fourth-order valence-corrected chi connectivity index (χ4v) is 4.33. The van der Waals surface area contributed by atoms with Gasteiger partial charge in [0, 0.05) is 4.88 Å². The van der Waals surface area contributed by atoms with Crippen molar-refractivity contribution in [1.82, 2.24) is 0 Å². The van der Waals surface area contributed by atoms with Gasteiger partial charge in [0.2, 0.25) is 0 Å². The van der Waals surface area contributed by atoms with Crippen LogP contribution in [0.5, 0.6) is 0 Å². The maximum atomic E-state index is 2.47. The summed E-state index contributed by atoms with van der Waals surface area (Å²) in [6.45, 7) is 0. The zero-order valence-corrected chi connectivity index (χ0v) is 9.36. The van der Waals surface area contributed by atoms with Crippen LogP contribution in [0.3, 0.4) is 0 Å². The van der Waals surface area contributed by atoms with Gasteiger partial charge in [-0.25, -0.2) is 0 Å². The molecule has 1 aromatic rings. The maximum absolute atomic E-state index is 2.47. The van der Waals surface area contributed by atoms with E-state index in [1.807, 2.05) is 11.3 Å². The molecule has 0 amide bonds. The molecule has 76 valence electrons. The van der Waals surface area contributed by atoms with Crippen molar-refractivity contribution in [2.75, 3.05) is 0 Å². The molecular formula is C14H14S. The highest BCUT2D eigenvalue weighted by Crippen LogP contribution is 2.67. The summed E-state index contributed by atoms with van der Waals surface area (Å²) >= 11 is 1.84. The van der Waals surface area contributed by atoms with Crippen LogP contribution in [0.15, 0.2) is 35.7 Å². The molecule has 0 nitrogen and oxygen atoms in total. The first kappa shape index (κ1) is 8.35. The smallest absolute Gasteiger partial charge is 0.0267 e. The standard InChI is InChI=1S/C14H14S/c1-2-11(15-7-1)5-6-12-13-9-3-4-10(8-9)14(12)13/h1-7,9-10,12-14H,8H2/b6-5+. The Bertz CT molecular complexity index is 408. The zero-order valence-electron chi connectivity index (χ0n) is 8.54. The van der Waals surface area contributed by atoms with Crippen molar-refractivity contribution in [3.63, 3.8) is 0 Å². The van der Waals surface area contributed by atoms with Crippen molar-refractivity contribution in [1.29, 1.82) is 0 Å².